The van der Waals surface area contributed by atoms with Gasteiger partial charge in [-0.2, -0.15) is 0 Å². The second kappa shape index (κ2) is 6.71. The summed E-state index contributed by atoms with van der Waals surface area (Å²) >= 11 is 6.14. The molecule has 90 valence electrons. The van der Waals surface area contributed by atoms with Crippen molar-refractivity contribution in [1.29, 1.82) is 0 Å². The van der Waals surface area contributed by atoms with Gasteiger partial charge in [0.05, 0.1) is 10.7 Å². The quantitative estimate of drug-likeness (QED) is 0.830. The van der Waals surface area contributed by atoms with Crippen molar-refractivity contribution in [2.45, 2.75) is 27.3 Å². The smallest absolute Gasteiger partial charge is 0.126 e. The zero-order valence-electron chi connectivity index (χ0n) is 10.3. The lowest BCUT2D eigenvalue weighted by atomic mass is 10.3. The number of halogens is 1. The fraction of sp³-hybridized carbons (Fsp3) is 0.583. The van der Waals surface area contributed by atoms with Crippen LogP contribution in [-0.4, -0.2) is 29.5 Å². The standard InChI is InChI=1S/C12H20ClN3/c1-4-14-12-8-7-10(13)11(15-12)9-16(5-2)6-3/h7-8H,4-6,9H2,1-3H3,(H,14,15). The first kappa shape index (κ1) is 13.3. The predicted octanol–water partition coefficient (Wildman–Crippen LogP) is 3.01. The molecule has 1 N–H and O–H groups in total. The summed E-state index contributed by atoms with van der Waals surface area (Å²) in [5.41, 5.74) is 0.948. The summed E-state index contributed by atoms with van der Waals surface area (Å²) in [5.74, 6) is 0.897. The summed E-state index contributed by atoms with van der Waals surface area (Å²) in [7, 11) is 0. The molecule has 1 heterocycles. The molecule has 0 bridgehead atoms. The summed E-state index contributed by atoms with van der Waals surface area (Å²) < 4.78 is 0. The zero-order chi connectivity index (χ0) is 12.0. The van der Waals surface area contributed by atoms with Crippen LogP contribution >= 0.6 is 11.6 Å². The van der Waals surface area contributed by atoms with Crippen molar-refractivity contribution >= 4 is 17.4 Å². The van der Waals surface area contributed by atoms with Crippen LogP contribution in [0, 0.1) is 0 Å². The number of rotatable bonds is 6. The number of hydrogen-bond acceptors (Lipinski definition) is 3. The Kier molecular flexibility index (Phi) is 5.56. The number of anilines is 1. The summed E-state index contributed by atoms with van der Waals surface area (Å²) in [4.78, 5) is 6.81. The van der Waals surface area contributed by atoms with Gasteiger partial charge in [0.25, 0.3) is 0 Å². The van der Waals surface area contributed by atoms with Crippen LogP contribution in [-0.2, 0) is 6.54 Å². The van der Waals surface area contributed by atoms with Crippen molar-refractivity contribution in [1.82, 2.24) is 9.88 Å². The maximum atomic E-state index is 6.14. The minimum Gasteiger partial charge on any atom is -0.370 e. The highest BCUT2D eigenvalue weighted by atomic mass is 35.5. The van der Waals surface area contributed by atoms with Gasteiger partial charge in [0, 0.05) is 13.1 Å². The van der Waals surface area contributed by atoms with E-state index in [4.69, 9.17) is 11.6 Å². The first-order valence-electron chi connectivity index (χ1n) is 5.82. The van der Waals surface area contributed by atoms with Crippen LogP contribution in [0.1, 0.15) is 26.5 Å². The second-order valence-corrected chi connectivity index (χ2v) is 4.02. The van der Waals surface area contributed by atoms with E-state index in [0.29, 0.717) is 0 Å². The molecule has 0 aliphatic heterocycles. The van der Waals surface area contributed by atoms with Crippen molar-refractivity contribution in [2.24, 2.45) is 0 Å². The molecular weight excluding hydrogens is 222 g/mol. The van der Waals surface area contributed by atoms with Crippen molar-refractivity contribution in [3.63, 3.8) is 0 Å². The largest absolute Gasteiger partial charge is 0.370 e. The molecule has 1 rings (SSSR count). The monoisotopic (exact) mass is 241 g/mol. The molecular formula is C12H20ClN3. The Morgan fingerprint density at radius 2 is 1.94 bits per heavy atom. The number of nitrogens with one attached hydrogen (secondary N) is 1. The molecule has 16 heavy (non-hydrogen) atoms. The first-order chi connectivity index (χ1) is 7.71. The van der Waals surface area contributed by atoms with Crippen LogP contribution < -0.4 is 5.32 Å². The van der Waals surface area contributed by atoms with Gasteiger partial charge in [-0.25, -0.2) is 4.98 Å². The molecule has 0 aromatic carbocycles. The van der Waals surface area contributed by atoms with Crippen molar-refractivity contribution in [3.05, 3.63) is 22.8 Å². The maximum absolute atomic E-state index is 6.14. The van der Waals surface area contributed by atoms with E-state index in [2.05, 4.69) is 36.0 Å². The van der Waals surface area contributed by atoms with E-state index in [9.17, 15) is 0 Å². The van der Waals surface area contributed by atoms with E-state index >= 15 is 0 Å². The van der Waals surface area contributed by atoms with E-state index in [1.807, 2.05) is 12.1 Å². The average molecular weight is 242 g/mol. The van der Waals surface area contributed by atoms with Gasteiger partial charge in [-0.15, -0.1) is 0 Å². The van der Waals surface area contributed by atoms with E-state index < -0.39 is 0 Å². The summed E-state index contributed by atoms with van der Waals surface area (Å²) in [6, 6.07) is 3.82. The predicted molar refractivity (Wildman–Crippen MR) is 70.0 cm³/mol. The lowest BCUT2D eigenvalue weighted by molar-refractivity contribution is 0.292. The highest BCUT2D eigenvalue weighted by Crippen LogP contribution is 2.18. The second-order valence-electron chi connectivity index (χ2n) is 3.62. The molecule has 0 aliphatic carbocycles. The molecule has 0 saturated carbocycles. The average Bonchev–Trinajstić information content (AvgIpc) is 2.30. The minimum absolute atomic E-state index is 0.744. The van der Waals surface area contributed by atoms with Crippen molar-refractivity contribution < 1.29 is 0 Å². The fourth-order valence-electron chi connectivity index (χ4n) is 1.53. The van der Waals surface area contributed by atoms with Crippen molar-refractivity contribution in [3.8, 4) is 0 Å². The van der Waals surface area contributed by atoms with Crippen LogP contribution in [0.3, 0.4) is 0 Å². The molecule has 0 atom stereocenters. The lowest BCUT2D eigenvalue weighted by Crippen LogP contribution is -2.23. The maximum Gasteiger partial charge on any atom is 0.126 e. The number of aromatic nitrogens is 1. The molecule has 0 saturated heterocycles. The van der Waals surface area contributed by atoms with Crippen LogP contribution in [0.2, 0.25) is 5.02 Å². The summed E-state index contributed by atoms with van der Waals surface area (Å²) in [5, 5.41) is 3.94. The van der Waals surface area contributed by atoms with Crippen LogP contribution in [0.25, 0.3) is 0 Å². The van der Waals surface area contributed by atoms with Gasteiger partial charge in [-0.3, -0.25) is 4.90 Å². The zero-order valence-corrected chi connectivity index (χ0v) is 11.0. The van der Waals surface area contributed by atoms with Gasteiger partial charge < -0.3 is 5.32 Å². The third-order valence-electron chi connectivity index (χ3n) is 2.54. The van der Waals surface area contributed by atoms with Crippen molar-refractivity contribution in [2.75, 3.05) is 25.0 Å². The van der Waals surface area contributed by atoms with Gasteiger partial charge in [0.1, 0.15) is 5.82 Å². The SMILES string of the molecule is CCNc1ccc(Cl)c(CN(CC)CC)n1. The van der Waals surface area contributed by atoms with Crippen LogP contribution in [0.15, 0.2) is 12.1 Å². The molecule has 4 heteroatoms. The van der Waals surface area contributed by atoms with Crippen LogP contribution in [0.4, 0.5) is 5.82 Å². The number of hydrogen-bond donors (Lipinski definition) is 1. The molecule has 0 aliphatic rings. The molecule has 3 nitrogen and oxygen atoms in total. The highest BCUT2D eigenvalue weighted by Gasteiger charge is 2.07. The molecule has 1 aromatic rings. The van der Waals surface area contributed by atoms with E-state index in [0.717, 1.165) is 42.7 Å². The van der Waals surface area contributed by atoms with Gasteiger partial charge in [-0.05, 0) is 32.1 Å². The Labute approximate surface area is 103 Å². The Balaban J connectivity index is 2.80. The molecule has 0 unspecified atom stereocenters. The van der Waals surface area contributed by atoms with E-state index in [1.165, 1.54) is 0 Å². The lowest BCUT2D eigenvalue weighted by Gasteiger charge is -2.18. The molecule has 1 aromatic heterocycles. The number of pyridine rings is 1. The Bertz CT molecular complexity index is 324. The third-order valence-corrected chi connectivity index (χ3v) is 2.89. The Morgan fingerprint density at radius 1 is 1.25 bits per heavy atom. The topological polar surface area (TPSA) is 28.2 Å². The normalized spacial score (nSPS) is 10.8. The first-order valence-corrected chi connectivity index (χ1v) is 6.20. The molecule has 0 amide bonds. The Morgan fingerprint density at radius 3 is 2.50 bits per heavy atom. The van der Waals surface area contributed by atoms with Gasteiger partial charge in [0.15, 0.2) is 0 Å². The number of nitrogens with zero attached hydrogens (tertiary/aromatic N) is 2. The molecule has 0 radical (unpaired) electrons. The van der Waals surface area contributed by atoms with Gasteiger partial charge in [0.2, 0.25) is 0 Å². The summed E-state index contributed by atoms with van der Waals surface area (Å²) in [6.07, 6.45) is 0. The minimum atomic E-state index is 0.744. The molecule has 0 spiro atoms. The van der Waals surface area contributed by atoms with Gasteiger partial charge >= 0.3 is 0 Å². The highest BCUT2D eigenvalue weighted by molar-refractivity contribution is 6.31. The van der Waals surface area contributed by atoms with Crippen LogP contribution in [0.5, 0.6) is 0 Å². The fourth-order valence-corrected chi connectivity index (χ4v) is 1.70. The van der Waals surface area contributed by atoms with E-state index in [1.54, 1.807) is 0 Å². The third kappa shape index (κ3) is 3.65. The Hall–Kier alpha value is -0.800. The van der Waals surface area contributed by atoms with E-state index in [-0.39, 0.29) is 0 Å². The van der Waals surface area contributed by atoms with Gasteiger partial charge in [-0.1, -0.05) is 25.4 Å². The molecule has 0 fully saturated rings. The summed E-state index contributed by atoms with van der Waals surface area (Å²) in [6.45, 7) is 10.1.